The smallest absolute Gasteiger partial charge is 0.281 e. The molecular formula is C18H20N3O6+. The Kier molecular flexibility index (Phi) is 5.15. The zero-order valence-corrected chi connectivity index (χ0v) is 15.4. The number of hydrogen-bond donors (Lipinski definition) is 0. The Morgan fingerprint density at radius 3 is 2.48 bits per heavy atom. The first kappa shape index (κ1) is 18.9. The third-order valence-electron chi connectivity index (χ3n) is 4.72. The van der Waals surface area contributed by atoms with Crippen molar-refractivity contribution in [3.8, 4) is 0 Å². The van der Waals surface area contributed by atoms with E-state index in [1.807, 2.05) is 0 Å². The van der Waals surface area contributed by atoms with Gasteiger partial charge in [-0.05, 0) is 6.07 Å². The zero-order chi connectivity index (χ0) is 19.7. The van der Waals surface area contributed by atoms with Gasteiger partial charge in [-0.15, -0.1) is 0 Å². The van der Waals surface area contributed by atoms with E-state index in [4.69, 9.17) is 9.47 Å². The lowest BCUT2D eigenvalue weighted by atomic mass is 9.88. The van der Waals surface area contributed by atoms with Crippen LogP contribution in [0.15, 0.2) is 18.2 Å². The summed E-state index contributed by atoms with van der Waals surface area (Å²) in [7, 11) is 3.09. The van der Waals surface area contributed by atoms with E-state index in [9.17, 15) is 19.7 Å². The molecule has 1 aliphatic carbocycles. The minimum absolute atomic E-state index is 0.0526. The first-order valence-corrected chi connectivity index (χ1v) is 8.41. The molecule has 1 aromatic carbocycles. The number of ketones is 2. The molecule has 9 heteroatoms. The van der Waals surface area contributed by atoms with Gasteiger partial charge in [0.15, 0.2) is 0 Å². The minimum Gasteiger partial charge on any atom is -0.381 e. The Morgan fingerprint density at radius 1 is 1.15 bits per heavy atom. The molecule has 9 nitrogen and oxygen atoms in total. The highest BCUT2D eigenvalue weighted by molar-refractivity contribution is 6.28. The first-order valence-electron chi connectivity index (χ1n) is 8.41. The summed E-state index contributed by atoms with van der Waals surface area (Å²) in [5, 5.41) is 11.4. The van der Waals surface area contributed by atoms with Crippen LogP contribution in [0.5, 0.6) is 0 Å². The molecule has 27 heavy (non-hydrogen) atoms. The summed E-state index contributed by atoms with van der Waals surface area (Å²) < 4.78 is 13.7. The minimum atomic E-state index is -0.636. The molecule has 0 aliphatic heterocycles. The topological polar surface area (TPSA) is 105 Å². The summed E-state index contributed by atoms with van der Waals surface area (Å²) in [6.07, 6.45) is 0. The molecule has 3 rings (SSSR count). The van der Waals surface area contributed by atoms with Crippen molar-refractivity contribution >= 4 is 17.3 Å². The lowest BCUT2D eigenvalue weighted by Gasteiger charge is -2.13. The summed E-state index contributed by atoms with van der Waals surface area (Å²) in [6.45, 7) is 3.21. The maximum Gasteiger partial charge on any atom is 0.281 e. The number of ether oxygens (including phenoxy) is 2. The van der Waals surface area contributed by atoms with E-state index in [-0.39, 0.29) is 28.2 Å². The third-order valence-corrected chi connectivity index (χ3v) is 4.72. The van der Waals surface area contributed by atoms with Crippen LogP contribution in [-0.4, -0.2) is 48.5 Å². The molecule has 0 atom stereocenters. The highest BCUT2D eigenvalue weighted by atomic mass is 16.6. The van der Waals surface area contributed by atoms with Crippen LogP contribution in [0.3, 0.4) is 0 Å². The van der Waals surface area contributed by atoms with Crippen molar-refractivity contribution in [2.24, 2.45) is 0 Å². The number of rotatable bonds is 7. The largest absolute Gasteiger partial charge is 0.381 e. The number of imidazole rings is 1. The van der Waals surface area contributed by atoms with Crippen molar-refractivity contribution in [2.75, 3.05) is 27.4 Å². The van der Waals surface area contributed by atoms with Crippen molar-refractivity contribution in [1.29, 1.82) is 0 Å². The molecule has 0 radical (unpaired) electrons. The van der Waals surface area contributed by atoms with Crippen molar-refractivity contribution in [2.45, 2.75) is 20.0 Å². The number of hydrogen-bond acceptors (Lipinski definition) is 6. The highest BCUT2D eigenvalue weighted by Gasteiger charge is 2.45. The van der Waals surface area contributed by atoms with Crippen LogP contribution in [0.25, 0.3) is 0 Å². The van der Waals surface area contributed by atoms with Crippen LogP contribution >= 0.6 is 0 Å². The molecule has 0 unspecified atom stereocenters. The molecule has 0 fully saturated rings. The number of methoxy groups -OCH3 is 2. The summed E-state index contributed by atoms with van der Waals surface area (Å²) in [5.41, 5.74) is -0.0741. The van der Waals surface area contributed by atoms with Gasteiger partial charge in [0.05, 0.1) is 18.1 Å². The van der Waals surface area contributed by atoms with Crippen LogP contribution in [-0.2, 0) is 22.6 Å². The Hall–Kier alpha value is -2.91. The van der Waals surface area contributed by atoms with Crippen LogP contribution < -0.4 is 4.57 Å². The number of nitro groups is 1. The normalized spacial score (nSPS) is 12.9. The Labute approximate surface area is 155 Å². The van der Waals surface area contributed by atoms with Crippen LogP contribution in [0.4, 0.5) is 5.69 Å². The van der Waals surface area contributed by atoms with Gasteiger partial charge in [-0.1, -0.05) is 6.07 Å². The molecule has 1 aliphatic rings. The van der Waals surface area contributed by atoms with E-state index in [2.05, 4.69) is 0 Å². The van der Waals surface area contributed by atoms with E-state index in [1.165, 1.54) is 25.3 Å². The van der Waals surface area contributed by atoms with E-state index in [1.54, 1.807) is 23.2 Å². The highest BCUT2D eigenvalue weighted by Crippen LogP contribution is 2.32. The molecule has 0 N–H and O–H groups in total. The SMILES string of the molecule is COCCn1c2c([n+](CCOC)c1C)C(=O)c1c(cccc1[N+](=O)[O-])C2=O. The van der Waals surface area contributed by atoms with Crippen molar-refractivity contribution in [3.63, 3.8) is 0 Å². The van der Waals surface area contributed by atoms with Gasteiger partial charge < -0.3 is 9.47 Å². The first-order chi connectivity index (χ1) is 12.9. The predicted octanol–water partition coefficient (Wildman–Crippen LogP) is 1.06. The number of carbonyl (C=O) groups is 2. The van der Waals surface area contributed by atoms with Gasteiger partial charge in [0.2, 0.25) is 23.0 Å². The fourth-order valence-corrected chi connectivity index (χ4v) is 3.46. The van der Waals surface area contributed by atoms with Gasteiger partial charge in [-0.3, -0.25) is 19.7 Å². The standard InChI is InChI=1S/C18H20N3O6/c1-11-19(7-9-26-2)15-16(20(11)8-10-27-3)18(23)14-12(17(15)22)5-4-6-13(14)21(24)25/h4-6H,7-10H2,1-3H3/q+1. The summed E-state index contributed by atoms with van der Waals surface area (Å²) in [5.74, 6) is -0.243. The number of aromatic nitrogens is 2. The van der Waals surface area contributed by atoms with E-state index in [0.29, 0.717) is 32.1 Å². The maximum atomic E-state index is 13.2. The van der Waals surface area contributed by atoms with Crippen LogP contribution in [0.1, 0.15) is 37.9 Å². The monoisotopic (exact) mass is 374 g/mol. The number of nitro benzene ring substituents is 1. The van der Waals surface area contributed by atoms with Crippen molar-refractivity contribution in [3.05, 3.63) is 56.7 Å². The third kappa shape index (κ3) is 2.94. The van der Waals surface area contributed by atoms with Gasteiger partial charge in [0.25, 0.3) is 11.5 Å². The van der Waals surface area contributed by atoms with Crippen LogP contribution in [0, 0.1) is 17.0 Å². The second-order valence-electron chi connectivity index (χ2n) is 6.15. The molecule has 1 heterocycles. The molecule has 0 spiro atoms. The zero-order valence-electron chi connectivity index (χ0n) is 15.4. The van der Waals surface area contributed by atoms with Crippen molar-refractivity contribution in [1.82, 2.24) is 4.57 Å². The van der Waals surface area contributed by atoms with Crippen molar-refractivity contribution < 1.29 is 28.6 Å². The number of nitrogens with zero attached hydrogens (tertiary/aromatic N) is 3. The lowest BCUT2D eigenvalue weighted by Crippen LogP contribution is -2.44. The van der Waals surface area contributed by atoms with E-state index >= 15 is 0 Å². The van der Waals surface area contributed by atoms with E-state index in [0.717, 1.165) is 0 Å². The Balaban J connectivity index is 2.28. The van der Waals surface area contributed by atoms with Crippen LogP contribution in [0.2, 0.25) is 0 Å². The quantitative estimate of drug-likeness (QED) is 0.348. The summed E-state index contributed by atoms with van der Waals surface area (Å²) in [4.78, 5) is 37.2. The molecule has 0 bridgehead atoms. The lowest BCUT2D eigenvalue weighted by molar-refractivity contribution is -0.705. The Morgan fingerprint density at radius 2 is 1.85 bits per heavy atom. The second-order valence-corrected chi connectivity index (χ2v) is 6.15. The number of carbonyl (C=O) groups excluding carboxylic acids is 2. The molecule has 1 aromatic heterocycles. The number of fused-ring (bicyclic) bond motifs is 2. The average molecular weight is 374 g/mol. The fourth-order valence-electron chi connectivity index (χ4n) is 3.46. The second kappa shape index (κ2) is 7.37. The fraction of sp³-hybridized carbons (Fsp3) is 0.389. The average Bonchev–Trinajstić information content (AvgIpc) is 2.94. The predicted molar refractivity (Wildman–Crippen MR) is 93.1 cm³/mol. The molecule has 142 valence electrons. The summed E-state index contributed by atoms with van der Waals surface area (Å²) >= 11 is 0. The summed E-state index contributed by atoms with van der Waals surface area (Å²) in [6, 6.07) is 4.11. The molecule has 0 saturated heterocycles. The molecule has 0 saturated carbocycles. The maximum absolute atomic E-state index is 13.2. The van der Waals surface area contributed by atoms with Gasteiger partial charge in [0.1, 0.15) is 18.7 Å². The van der Waals surface area contributed by atoms with E-state index < -0.39 is 16.5 Å². The molecule has 2 aromatic rings. The van der Waals surface area contributed by atoms with Gasteiger partial charge in [-0.2, -0.15) is 0 Å². The Bertz CT molecular complexity index is 947. The molecular weight excluding hydrogens is 354 g/mol. The van der Waals surface area contributed by atoms with Gasteiger partial charge >= 0.3 is 0 Å². The number of benzene rings is 1. The van der Waals surface area contributed by atoms with Gasteiger partial charge in [-0.25, -0.2) is 9.13 Å². The molecule has 0 amide bonds. The van der Waals surface area contributed by atoms with Gasteiger partial charge in [0, 0.05) is 32.8 Å².